The van der Waals surface area contributed by atoms with Gasteiger partial charge < -0.3 is 9.64 Å². The van der Waals surface area contributed by atoms with E-state index in [9.17, 15) is 4.79 Å². The summed E-state index contributed by atoms with van der Waals surface area (Å²) in [5.74, 6) is 0. The molecule has 7 heteroatoms. The van der Waals surface area contributed by atoms with Crippen LogP contribution in [0, 0.1) is 0 Å². The first-order valence-corrected chi connectivity index (χ1v) is 8.21. The number of carbonyl (C=O) groups is 1. The van der Waals surface area contributed by atoms with E-state index >= 15 is 0 Å². The van der Waals surface area contributed by atoms with E-state index in [2.05, 4.69) is 9.97 Å². The van der Waals surface area contributed by atoms with E-state index < -0.39 is 5.60 Å². The molecule has 1 fully saturated rings. The number of rotatable bonds is 2. The van der Waals surface area contributed by atoms with Crippen molar-refractivity contribution in [1.82, 2.24) is 14.9 Å². The van der Waals surface area contributed by atoms with E-state index in [-0.39, 0.29) is 6.09 Å². The normalized spacial score (nSPS) is 16.9. The zero-order valence-electron chi connectivity index (χ0n) is 12.5. The molecule has 1 aromatic rings. The summed E-state index contributed by atoms with van der Waals surface area (Å²) < 4.78 is 5.39. The van der Waals surface area contributed by atoms with Gasteiger partial charge in [0.2, 0.25) is 0 Å². The van der Waals surface area contributed by atoms with Crippen molar-refractivity contribution in [2.45, 2.75) is 49.5 Å². The molecule has 0 N–H and O–H groups in total. The van der Waals surface area contributed by atoms with Gasteiger partial charge >= 0.3 is 6.09 Å². The smallest absolute Gasteiger partial charge is 0.410 e. The lowest BCUT2D eigenvalue weighted by Gasteiger charge is -2.33. The third-order valence-electron chi connectivity index (χ3n) is 2.99. The molecule has 0 aliphatic carbocycles. The van der Waals surface area contributed by atoms with Gasteiger partial charge in [0.1, 0.15) is 22.1 Å². The molecule has 2 heterocycles. The van der Waals surface area contributed by atoms with Crippen LogP contribution in [0.1, 0.15) is 33.6 Å². The fraction of sp³-hybridized carbons (Fsp3) is 0.643. The molecule has 0 atom stereocenters. The third kappa shape index (κ3) is 5.36. The van der Waals surface area contributed by atoms with Crippen LogP contribution >= 0.6 is 23.4 Å². The number of hydrogen-bond donors (Lipinski definition) is 0. The number of thioether (sulfide) groups is 1. The Kier molecular flexibility index (Phi) is 5.32. The summed E-state index contributed by atoms with van der Waals surface area (Å²) in [6.07, 6.45) is 3.09. The number of hydrogen-bond acceptors (Lipinski definition) is 5. The predicted octanol–water partition coefficient (Wildman–Crippen LogP) is 3.62. The van der Waals surface area contributed by atoms with Crippen molar-refractivity contribution >= 4 is 29.5 Å². The maximum absolute atomic E-state index is 12.0. The summed E-state index contributed by atoms with van der Waals surface area (Å²) in [4.78, 5) is 21.8. The van der Waals surface area contributed by atoms with Crippen LogP contribution in [-0.4, -0.2) is 44.9 Å². The minimum atomic E-state index is -0.444. The predicted molar refractivity (Wildman–Crippen MR) is 83.7 cm³/mol. The van der Waals surface area contributed by atoms with Gasteiger partial charge in [-0.2, -0.15) is 0 Å². The van der Waals surface area contributed by atoms with Gasteiger partial charge in [-0.25, -0.2) is 14.8 Å². The fourth-order valence-corrected chi connectivity index (χ4v) is 3.32. The number of ether oxygens (including phenoxy) is 1. The van der Waals surface area contributed by atoms with Gasteiger partial charge in [-0.3, -0.25) is 0 Å². The molecule has 0 spiro atoms. The molecule has 1 saturated heterocycles. The van der Waals surface area contributed by atoms with Crippen molar-refractivity contribution in [1.29, 1.82) is 0 Å². The lowest BCUT2D eigenvalue weighted by molar-refractivity contribution is 0.0219. The molecule has 1 amide bonds. The highest BCUT2D eigenvalue weighted by Gasteiger charge is 2.27. The summed E-state index contributed by atoms with van der Waals surface area (Å²) in [5, 5.41) is 1.78. The minimum Gasteiger partial charge on any atom is -0.444 e. The standard InChI is InChI=1S/C14H20ClN3O2S/c1-14(2,3)20-13(19)18-6-4-10(5-7-18)21-12-8-11(15)16-9-17-12/h8-10H,4-7H2,1-3H3. The van der Waals surface area contributed by atoms with Gasteiger partial charge in [0.25, 0.3) is 0 Å². The van der Waals surface area contributed by atoms with Crippen LogP contribution in [0.5, 0.6) is 0 Å². The summed E-state index contributed by atoms with van der Waals surface area (Å²) in [6, 6.07) is 1.77. The molecular formula is C14H20ClN3O2S. The number of nitrogens with zero attached hydrogens (tertiary/aromatic N) is 3. The van der Waals surface area contributed by atoms with E-state index in [1.807, 2.05) is 20.8 Å². The number of amides is 1. The highest BCUT2D eigenvalue weighted by atomic mass is 35.5. The average molecular weight is 330 g/mol. The molecule has 0 unspecified atom stereocenters. The van der Waals surface area contributed by atoms with Gasteiger partial charge in [-0.05, 0) is 33.6 Å². The van der Waals surface area contributed by atoms with Gasteiger partial charge in [-0.15, -0.1) is 11.8 Å². The van der Waals surface area contributed by atoms with E-state index in [1.54, 1.807) is 22.7 Å². The lowest BCUT2D eigenvalue weighted by Crippen LogP contribution is -2.42. The molecule has 0 bridgehead atoms. The first-order chi connectivity index (χ1) is 9.83. The largest absolute Gasteiger partial charge is 0.444 e. The van der Waals surface area contributed by atoms with Gasteiger partial charge in [-0.1, -0.05) is 11.6 Å². The van der Waals surface area contributed by atoms with Gasteiger partial charge in [0.15, 0.2) is 0 Å². The molecule has 21 heavy (non-hydrogen) atoms. The monoisotopic (exact) mass is 329 g/mol. The quantitative estimate of drug-likeness (QED) is 0.776. The Morgan fingerprint density at radius 2 is 2.05 bits per heavy atom. The first-order valence-electron chi connectivity index (χ1n) is 6.95. The Balaban J connectivity index is 1.82. The van der Waals surface area contributed by atoms with Crippen molar-refractivity contribution < 1.29 is 9.53 Å². The van der Waals surface area contributed by atoms with Crippen molar-refractivity contribution in [3.63, 3.8) is 0 Å². The third-order valence-corrected chi connectivity index (χ3v) is 4.47. The number of carbonyl (C=O) groups excluding carboxylic acids is 1. The van der Waals surface area contributed by atoms with E-state index in [0.717, 1.165) is 17.9 Å². The Hall–Kier alpha value is -1.01. The molecule has 0 radical (unpaired) electrons. The van der Waals surface area contributed by atoms with Crippen molar-refractivity contribution in [3.05, 3.63) is 17.5 Å². The van der Waals surface area contributed by atoms with Crippen LogP contribution in [0.2, 0.25) is 5.15 Å². The molecule has 0 aromatic carbocycles. The molecule has 1 aliphatic rings. The molecule has 5 nitrogen and oxygen atoms in total. The maximum Gasteiger partial charge on any atom is 0.410 e. The highest BCUT2D eigenvalue weighted by molar-refractivity contribution is 7.99. The molecule has 116 valence electrons. The molecular weight excluding hydrogens is 310 g/mol. The summed E-state index contributed by atoms with van der Waals surface area (Å²) in [5.41, 5.74) is -0.444. The minimum absolute atomic E-state index is 0.226. The maximum atomic E-state index is 12.0. The van der Waals surface area contributed by atoms with Crippen molar-refractivity contribution in [3.8, 4) is 0 Å². The van der Waals surface area contributed by atoms with Gasteiger partial charge in [0, 0.05) is 24.4 Å². The second-order valence-corrected chi connectivity index (χ2v) is 7.67. The van der Waals surface area contributed by atoms with Crippen LogP contribution < -0.4 is 0 Å². The zero-order chi connectivity index (χ0) is 15.5. The molecule has 0 saturated carbocycles. The fourth-order valence-electron chi connectivity index (χ4n) is 2.04. The van der Waals surface area contributed by atoms with E-state index in [1.165, 1.54) is 6.33 Å². The highest BCUT2D eigenvalue weighted by Crippen LogP contribution is 2.30. The Labute approximate surface area is 134 Å². The number of aromatic nitrogens is 2. The number of halogens is 1. The van der Waals surface area contributed by atoms with Crippen LogP contribution in [-0.2, 0) is 4.74 Å². The summed E-state index contributed by atoms with van der Waals surface area (Å²) >= 11 is 7.55. The molecule has 1 aliphatic heterocycles. The first kappa shape index (κ1) is 16.4. The van der Waals surface area contributed by atoms with Crippen LogP contribution in [0.25, 0.3) is 0 Å². The molecule has 1 aromatic heterocycles. The van der Waals surface area contributed by atoms with E-state index in [4.69, 9.17) is 16.3 Å². The van der Waals surface area contributed by atoms with E-state index in [0.29, 0.717) is 23.5 Å². The van der Waals surface area contributed by atoms with Crippen molar-refractivity contribution in [2.75, 3.05) is 13.1 Å². The SMILES string of the molecule is CC(C)(C)OC(=O)N1CCC(Sc2cc(Cl)ncn2)CC1. The van der Waals surface area contributed by atoms with Gasteiger partial charge in [0.05, 0.1) is 0 Å². The van der Waals surface area contributed by atoms with Crippen LogP contribution in [0.4, 0.5) is 4.79 Å². The van der Waals surface area contributed by atoms with Crippen LogP contribution in [0.3, 0.4) is 0 Å². The lowest BCUT2D eigenvalue weighted by atomic mass is 10.1. The molecule has 2 rings (SSSR count). The topological polar surface area (TPSA) is 55.3 Å². The Morgan fingerprint density at radius 3 is 2.62 bits per heavy atom. The summed E-state index contributed by atoms with van der Waals surface area (Å²) in [7, 11) is 0. The zero-order valence-corrected chi connectivity index (χ0v) is 14.1. The Morgan fingerprint density at radius 1 is 1.38 bits per heavy atom. The number of piperidine rings is 1. The second-order valence-electron chi connectivity index (χ2n) is 5.96. The number of likely N-dealkylation sites (tertiary alicyclic amines) is 1. The van der Waals surface area contributed by atoms with Crippen molar-refractivity contribution in [2.24, 2.45) is 0 Å². The average Bonchev–Trinajstić information content (AvgIpc) is 2.37. The Bertz CT molecular complexity index is 499. The second kappa shape index (κ2) is 6.83. The summed E-state index contributed by atoms with van der Waals surface area (Å²) in [6.45, 7) is 7.07. The van der Waals surface area contributed by atoms with Crippen LogP contribution in [0.15, 0.2) is 17.4 Å².